The van der Waals surface area contributed by atoms with Gasteiger partial charge in [0.15, 0.2) is 0 Å². The highest BCUT2D eigenvalue weighted by atomic mass is 19.4. The van der Waals surface area contributed by atoms with E-state index in [2.05, 4.69) is 22.5 Å². The summed E-state index contributed by atoms with van der Waals surface area (Å²) in [4.78, 5) is 15.5. The van der Waals surface area contributed by atoms with Crippen molar-refractivity contribution in [1.82, 2.24) is 15.6 Å². The second kappa shape index (κ2) is 6.01. The Balaban J connectivity index is 1.94. The van der Waals surface area contributed by atoms with E-state index in [-0.39, 0.29) is 11.1 Å². The Morgan fingerprint density at radius 2 is 2.05 bits per heavy atom. The van der Waals surface area contributed by atoms with Crippen LogP contribution < -0.4 is 10.6 Å². The summed E-state index contributed by atoms with van der Waals surface area (Å²) in [5.41, 5.74) is -0.836. The zero-order chi connectivity index (χ0) is 15.5. The fraction of sp³-hybridized carbons (Fsp3) is 0.571. The van der Waals surface area contributed by atoms with Crippen LogP contribution in [0.25, 0.3) is 0 Å². The second-order valence-corrected chi connectivity index (χ2v) is 5.67. The highest BCUT2D eigenvalue weighted by molar-refractivity contribution is 5.92. The number of nitrogens with zero attached hydrogens (tertiary/aromatic N) is 1. The largest absolute Gasteiger partial charge is 0.417 e. The molecule has 1 aliphatic rings. The standard InChI is InChI=1S/C14H18F3N3O/c1-13(4-6-18-7-5-13)9-20-12(21)11-3-2-10(8-19-11)14(15,16)17/h2-3,8,18H,4-7,9H2,1H3,(H,20,21). The maximum absolute atomic E-state index is 12.4. The van der Waals surface area contributed by atoms with Crippen molar-refractivity contribution in [2.75, 3.05) is 19.6 Å². The SMILES string of the molecule is CC1(CNC(=O)c2ccc(C(F)(F)F)cn2)CCNCC1. The third-order valence-corrected chi connectivity index (χ3v) is 3.81. The molecule has 7 heteroatoms. The molecule has 0 saturated carbocycles. The molecule has 0 radical (unpaired) electrons. The Hall–Kier alpha value is -1.63. The highest BCUT2D eigenvalue weighted by Gasteiger charge is 2.31. The van der Waals surface area contributed by atoms with Crippen LogP contribution in [0.4, 0.5) is 13.2 Å². The fourth-order valence-corrected chi connectivity index (χ4v) is 2.29. The molecule has 0 atom stereocenters. The summed E-state index contributed by atoms with van der Waals surface area (Å²) in [6.07, 6.45) is -1.85. The number of pyridine rings is 1. The van der Waals surface area contributed by atoms with Gasteiger partial charge < -0.3 is 10.6 Å². The van der Waals surface area contributed by atoms with Crippen LogP contribution in [0.5, 0.6) is 0 Å². The van der Waals surface area contributed by atoms with Gasteiger partial charge in [-0.15, -0.1) is 0 Å². The molecule has 0 bridgehead atoms. The maximum atomic E-state index is 12.4. The third-order valence-electron chi connectivity index (χ3n) is 3.81. The van der Waals surface area contributed by atoms with Crippen LogP contribution in [0.2, 0.25) is 0 Å². The number of hydrogen-bond donors (Lipinski definition) is 2. The van der Waals surface area contributed by atoms with Crippen LogP contribution in [-0.2, 0) is 6.18 Å². The van der Waals surface area contributed by atoms with Gasteiger partial charge in [0.1, 0.15) is 5.69 Å². The number of rotatable bonds is 3. The van der Waals surface area contributed by atoms with Gasteiger partial charge in [0.05, 0.1) is 5.56 Å². The van der Waals surface area contributed by atoms with Crippen LogP contribution >= 0.6 is 0 Å². The molecule has 0 unspecified atom stereocenters. The van der Waals surface area contributed by atoms with Gasteiger partial charge in [-0.2, -0.15) is 13.2 Å². The van der Waals surface area contributed by atoms with Crippen molar-refractivity contribution in [3.63, 3.8) is 0 Å². The molecule has 0 aromatic carbocycles. The van der Waals surface area contributed by atoms with Gasteiger partial charge in [-0.05, 0) is 43.5 Å². The van der Waals surface area contributed by atoms with Crippen molar-refractivity contribution < 1.29 is 18.0 Å². The highest BCUT2D eigenvalue weighted by Crippen LogP contribution is 2.28. The lowest BCUT2D eigenvalue weighted by molar-refractivity contribution is -0.137. The molecule has 1 aromatic rings. The Kier molecular flexibility index (Phi) is 4.51. The number of piperidine rings is 1. The van der Waals surface area contributed by atoms with E-state index in [0.717, 1.165) is 38.1 Å². The maximum Gasteiger partial charge on any atom is 0.417 e. The number of carbonyl (C=O) groups excluding carboxylic acids is 1. The number of amides is 1. The molecule has 2 rings (SSSR count). The van der Waals surface area contributed by atoms with Crippen molar-refractivity contribution in [1.29, 1.82) is 0 Å². The zero-order valence-electron chi connectivity index (χ0n) is 11.8. The number of hydrogen-bond acceptors (Lipinski definition) is 3. The lowest BCUT2D eigenvalue weighted by Gasteiger charge is -2.34. The summed E-state index contributed by atoms with van der Waals surface area (Å²) in [7, 11) is 0. The van der Waals surface area contributed by atoms with E-state index in [9.17, 15) is 18.0 Å². The zero-order valence-corrected chi connectivity index (χ0v) is 11.8. The molecule has 116 valence electrons. The normalized spacial score (nSPS) is 18.3. The summed E-state index contributed by atoms with van der Waals surface area (Å²) < 4.78 is 37.2. The molecule has 1 amide bonds. The molecule has 2 heterocycles. The average molecular weight is 301 g/mol. The fourth-order valence-electron chi connectivity index (χ4n) is 2.29. The Bertz CT molecular complexity index is 493. The predicted molar refractivity (Wildman–Crippen MR) is 71.8 cm³/mol. The number of halogens is 3. The van der Waals surface area contributed by atoms with E-state index in [4.69, 9.17) is 0 Å². The van der Waals surface area contributed by atoms with Gasteiger partial charge in [0, 0.05) is 12.7 Å². The number of alkyl halides is 3. The Morgan fingerprint density at radius 3 is 2.57 bits per heavy atom. The first-order valence-corrected chi connectivity index (χ1v) is 6.82. The first kappa shape index (κ1) is 15.8. The molecule has 1 aliphatic heterocycles. The van der Waals surface area contributed by atoms with E-state index in [1.807, 2.05) is 0 Å². The summed E-state index contributed by atoms with van der Waals surface area (Å²) in [5.74, 6) is -0.441. The van der Waals surface area contributed by atoms with Gasteiger partial charge >= 0.3 is 6.18 Å². The lowest BCUT2D eigenvalue weighted by atomic mass is 9.81. The first-order valence-electron chi connectivity index (χ1n) is 6.82. The van der Waals surface area contributed by atoms with E-state index in [0.29, 0.717) is 12.7 Å². The quantitative estimate of drug-likeness (QED) is 0.900. The second-order valence-electron chi connectivity index (χ2n) is 5.67. The molecule has 0 spiro atoms. The van der Waals surface area contributed by atoms with Crippen molar-refractivity contribution in [3.8, 4) is 0 Å². The molecule has 1 fully saturated rings. The Labute approximate surface area is 121 Å². The average Bonchev–Trinajstić information content (AvgIpc) is 2.45. The van der Waals surface area contributed by atoms with E-state index in [1.54, 1.807) is 0 Å². The van der Waals surface area contributed by atoms with Crippen LogP contribution in [-0.4, -0.2) is 30.5 Å². The van der Waals surface area contributed by atoms with Gasteiger partial charge in [-0.1, -0.05) is 6.92 Å². The van der Waals surface area contributed by atoms with E-state index >= 15 is 0 Å². The topological polar surface area (TPSA) is 54.0 Å². The summed E-state index contributed by atoms with van der Waals surface area (Å²) in [6.45, 7) is 4.40. The van der Waals surface area contributed by atoms with Crippen LogP contribution in [0.1, 0.15) is 35.8 Å². The number of nitrogens with one attached hydrogen (secondary N) is 2. The monoisotopic (exact) mass is 301 g/mol. The van der Waals surface area contributed by atoms with Gasteiger partial charge in [-0.3, -0.25) is 9.78 Å². The van der Waals surface area contributed by atoms with Gasteiger partial charge in [-0.25, -0.2) is 0 Å². The minimum absolute atomic E-state index is 0.000495. The number of carbonyl (C=O) groups is 1. The first-order chi connectivity index (χ1) is 9.80. The minimum atomic E-state index is -4.44. The molecule has 4 nitrogen and oxygen atoms in total. The van der Waals surface area contributed by atoms with Crippen LogP contribution in [0.15, 0.2) is 18.3 Å². The summed E-state index contributed by atoms with van der Waals surface area (Å²) in [6, 6.07) is 1.97. The molecule has 1 saturated heterocycles. The summed E-state index contributed by atoms with van der Waals surface area (Å²) in [5, 5.41) is 6.00. The van der Waals surface area contributed by atoms with Crippen molar-refractivity contribution in [3.05, 3.63) is 29.6 Å². The van der Waals surface area contributed by atoms with Crippen molar-refractivity contribution in [2.24, 2.45) is 5.41 Å². The molecule has 21 heavy (non-hydrogen) atoms. The number of aromatic nitrogens is 1. The van der Waals surface area contributed by atoms with Crippen molar-refractivity contribution in [2.45, 2.75) is 25.9 Å². The molecule has 2 N–H and O–H groups in total. The molecular weight excluding hydrogens is 283 g/mol. The van der Waals surface area contributed by atoms with Crippen LogP contribution in [0, 0.1) is 5.41 Å². The smallest absolute Gasteiger partial charge is 0.350 e. The molecule has 0 aliphatic carbocycles. The predicted octanol–water partition coefficient (Wildman–Crippen LogP) is 2.22. The molecule has 1 aromatic heterocycles. The third kappa shape index (κ3) is 4.17. The van der Waals surface area contributed by atoms with Gasteiger partial charge in [0.2, 0.25) is 0 Å². The van der Waals surface area contributed by atoms with Crippen molar-refractivity contribution >= 4 is 5.91 Å². The Morgan fingerprint density at radius 1 is 1.38 bits per heavy atom. The van der Waals surface area contributed by atoms with Crippen LogP contribution in [0.3, 0.4) is 0 Å². The lowest BCUT2D eigenvalue weighted by Crippen LogP contribution is -2.43. The summed E-state index contributed by atoms with van der Waals surface area (Å²) >= 11 is 0. The van der Waals surface area contributed by atoms with Gasteiger partial charge in [0.25, 0.3) is 5.91 Å². The van der Waals surface area contributed by atoms with E-state index in [1.165, 1.54) is 0 Å². The molecular formula is C14H18F3N3O. The van der Waals surface area contributed by atoms with E-state index < -0.39 is 17.6 Å². The minimum Gasteiger partial charge on any atom is -0.350 e.